The molecule has 1 saturated heterocycles. The SMILES string of the molecule is CCN1CCCC1CNC(N)=NCC1CC=CCC1. The first kappa shape index (κ1) is 14.4. The fourth-order valence-corrected chi connectivity index (χ4v) is 3.07. The number of nitrogens with two attached hydrogens (primary N) is 1. The number of likely N-dealkylation sites (tertiary alicyclic amines) is 1. The lowest BCUT2D eigenvalue weighted by Gasteiger charge is -2.23. The van der Waals surface area contributed by atoms with E-state index >= 15 is 0 Å². The number of likely N-dealkylation sites (N-methyl/N-ethyl adjacent to an activating group) is 1. The molecule has 0 bridgehead atoms. The van der Waals surface area contributed by atoms with Gasteiger partial charge in [0.1, 0.15) is 0 Å². The summed E-state index contributed by atoms with van der Waals surface area (Å²) in [4.78, 5) is 7.01. The van der Waals surface area contributed by atoms with E-state index in [2.05, 4.69) is 34.3 Å². The topological polar surface area (TPSA) is 53.6 Å². The maximum absolute atomic E-state index is 5.96. The van der Waals surface area contributed by atoms with Crippen molar-refractivity contribution in [2.24, 2.45) is 16.6 Å². The highest BCUT2D eigenvalue weighted by Crippen LogP contribution is 2.18. The van der Waals surface area contributed by atoms with E-state index in [4.69, 9.17) is 5.73 Å². The van der Waals surface area contributed by atoms with E-state index in [1.165, 1.54) is 32.2 Å². The number of nitrogens with one attached hydrogen (secondary N) is 1. The first-order chi connectivity index (χ1) is 9.29. The van der Waals surface area contributed by atoms with Gasteiger partial charge in [0.05, 0.1) is 0 Å². The molecular weight excluding hydrogens is 236 g/mol. The van der Waals surface area contributed by atoms with Crippen molar-refractivity contribution in [2.45, 2.75) is 45.1 Å². The van der Waals surface area contributed by atoms with Crippen LogP contribution in [0, 0.1) is 5.92 Å². The van der Waals surface area contributed by atoms with Gasteiger partial charge in [-0.05, 0) is 51.1 Å². The van der Waals surface area contributed by atoms with E-state index in [0.717, 1.165) is 26.1 Å². The van der Waals surface area contributed by atoms with E-state index in [0.29, 0.717) is 17.9 Å². The molecule has 0 aromatic carbocycles. The second-order valence-corrected chi connectivity index (χ2v) is 5.68. The highest BCUT2D eigenvalue weighted by Gasteiger charge is 2.22. The van der Waals surface area contributed by atoms with E-state index in [1.54, 1.807) is 0 Å². The Morgan fingerprint density at radius 3 is 3.05 bits per heavy atom. The molecule has 0 saturated carbocycles. The van der Waals surface area contributed by atoms with Gasteiger partial charge in [-0.3, -0.25) is 9.89 Å². The summed E-state index contributed by atoms with van der Waals surface area (Å²) in [7, 11) is 0. The first-order valence-corrected chi connectivity index (χ1v) is 7.72. The summed E-state index contributed by atoms with van der Waals surface area (Å²) in [5, 5.41) is 3.30. The smallest absolute Gasteiger partial charge is 0.188 e. The van der Waals surface area contributed by atoms with Crippen LogP contribution in [0.5, 0.6) is 0 Å². The minimum absolute atomic E-state index is 0.623. The second kappa shape index (κ2) is 7.53. The Morgan fingerprint density at radius 1 is 1.42 bits per heavy atom. The molecule has 1 fully saturated rings. The van der Waals surface area contributed by atoms with Gasteiger partial charge in [0.15, 0.2) is 5.96 Å². The van der Waals surface area contributed by atoms with Gasteiger partial charge < -0.3 is 11.1 Å². The van der Waals surface area contributed by atoms with Crippen LogP contribution >= 0.6 is 0 Å². The maximum Gasteiger partial charge on any atom is 0.188 e. The predicted molar refractivity (Wildman–Crippen MR) is 81.2 cm³/mol. The Bertz CT molecular complexity index is 324. The van der Waals surface area contributed by atoms with Gasteiger partial charge >= 0.3 is 0 Å². The molecule has 2 aliphatic rings. The quantitative estimate of drug-likeness (QED) is 0.452. The summed E-state index contributed by atoms with van der Waals surface area (Å²) >= 11 is 0. The third-order valence-electron chi connectivity index (χ3n) is 4.32. The Hall–Kier alpha value is -1.03. The number of hydrogen-bond donors (Lipinski definition) is 2. The normalized spacial score (nSPS) is 28.8. The number of allylic oxidation sites excluding steroid dienone is 2. The molecule has 1 aliphatic carbocycles. The molecule has 108 valence electrons. The lowest BCUT2D eigenvalue weighted by atomic mass is 9.95. The minimum atomic E-state index is 0.623. The first-order valence-electron chi connectivity index (χ1n) is 7.72. The van der Waals surface area contributed by atoms with E-state index in [9.17, 15) is 0 Å². The highest BCUT2D eigenvalue weighted by atomic mass is 15.2. The molecule has 0 spiro atoms. The summed E-state index contributed by atoms with van der Waals surface area (Å²) in [5.41, 5.74) is 5.96. The maximum atomic E-state index is 5.96. The van der Waals surface area contributed by atoms with Gasteiger partial charge in [0, 0.05) is 19.1 Å². The van der Waals surface area contributed by atoms with Crippen molar-refractivity contribution < 1.29 is 0 Å². The van der Waals surface area contributed by atoms with Crippen molar-refractivity contribution in [2.75, 3.05) is 26.2 Å². The average Bonchev–Trinajstić information content (AvgIpc) is 2.91. The zero-order valence-electron chi connectivity index (χ0n) is 12.1. The van der Waals surface area contributed by atoms with Crippen LogP contribution in [-0.4, -0.2) is 43.1 Å². The third-order valence-corrected chi connectivity index (χ3v) is 4.32. The Kier molecular flexibility index (Phi) is 5.70. The molecule has 0 aromatic heterocycles. The summed E-state index contributed by atoms with van der Waals surface area (Å²) in [6.07, 6.45) is 10.7. The van der Waals surface area contributed by atoms with E-state index in [1.807, 2.05) is 0 Å². The molecule has 2 rings (SSSR count). The Morgan fingerprint density at radius 2 is 2.32 bits per heavy atom. The highest BCUT2D eigenvalue weighted by molar-refractivity contribution is 5.77. The zero-order valence-corrected chi connectivity index (χ0v) is 12.1. The number of rotatable bonds is 5. The molecular formula is C15H28N4. The van der Waals surface area contributed by atoms with Crippen molar-refractivity contribution in [1.82, 2.24) is 10.2 Å². The number of guanidine groups is 1. The molecule has 0 radical (unpaired) electrons. The third kappa shape index (κ3) is 4.53. The van der Waals surface area contributed by atoms with Crippen molar-refractivity contribution in [3.05, 3.63) is 12.2 Å². The van der Waals surface area contributed by atoms with Crippen LogP contribution in [0.15, 0.2) is 17.1 Å². The van der Waals surface area contributed by atoms with Gasteiger partial charge in [0.2, 0.25) is 0 Å². The summed E-state index contributed by atoms with van der Waals surface area (Å²) < 4.78 is 0. The zero-order chi connectivity index (χ0) is 13.5. The summed E-state index contributed by atoms with van der Waals surface area (Å²) in [5.74, 6) is 1.31. The van der Waals surface area contributed by atoms with Gasteiger partial charge in [-0.2, -0.15) is 0 Å². The lowest BCUT2D eigenvalue weighted by molar-refractivity contribution is 0.267. The fraction of sp³-hybridized carbons (Fsp3) is 0.800. The minimum Gasteiger partial charge on any atom is -0.370 e. The van der Waals surface area contributed by atoms with Gasteiger partial charge in [-0.1, -0.05) is 19.1 Å². The molecule has 1 heterocycles. The van der Waals surface area contributed by atoms with Crippen molar-refractivity contribution in [3.63, 3.8) is 0 Å². The molecule has 0 aromatic rings. The molecule has 19 heavy (non-hydrogen) atoms. The predicted octanol–water partition coefficient (Wildman–Crippen LogP) is 1.73. The lowest BCUT2D eigenvalue weighted by Crippen LogP contribution is -2.42. The monoisotopic (exact) mass is 264 g/mol. The van der Waals surface area contributed by atoms with Gasteiger partial charge in [0.25, 0.3) is 0 Å². The summed E-state index contributed by atoms with van der Waals surface area (Å²) in [6, 6.07) is 0.636. The van der Waals surface area contributed by atoms with Crippen LogP contribution in [0.4, 0.5) is 0 Å². The molecule has 2 atom stereocenters. The van der Waals surface area contributed by atoms with Gasteiger partial charge in [-0.25, -0.2) is 0 Å². The molecule has 3 N–H and O–H groups in total. The Balaban J connectivity index is 1.68. The number of nitrogens with zero attached hydrogens (tertiary/aromatic N) is 2. The summed E-state index contributed by atoms with van der Waals surface area (Å²) in [6.45, 7) is 6.40. The van der Waals surface area contributed by atoms with Crippen LogP contribution in [-0.2, 0) is 0 Å². The number of aliphatic imine (C=N–C) groups is 1. The molecule has 2 unspecified atom stereocenters. The molecule has 4 heteroatoms. The standard InChI is InChI=1S/C15H28N4/c1-2-19-10-6-9-14(19)12-18-15(16)17-11-13-7-4-3-5-8-13/h3-4,13-14H,2,5-12H2,1H3,(H3,16,17,18). The second-order valence-electron chi connectivity index (χ2n) is 5.68. The van der Waals surface area contributed by atoms with Gasteiger partial charge in [-0.15, -0.1) is 0 Å². The molecule has 1 aliphatic heterocycles. The largest absolute Gasteiger partial charge is 0.370 e. The van der Waals surface area contributed by atoms with Crippen LogP contribution < -0.4 is 11.1 Å². The molecule has 0 amide bonds. The van der Waals surface area contributed by atoms with Crippen molar-refractivity contribution in [1.29, 1.82) is 0 Å². The van der Waals surface area contributed by atoms with Crippen LogP contribution in [0.3, 0.4) is 0 Å². The Labute approximate surface area is 117 Å². The van der Waals surface area contributed by atoms with Crippen LogP contribution in [0.2, 0.25) is 0 Å². The van der Waals surface area contributed by atoms with E-state index < -0.39 is 0 Å². The van der Waals surface area contributed by atoms with E-state index in [-0.39, 0.29) is 0 Å². The van der Waals surface area contributed by atoms with Crippen LogP contribution in [0.25, 0.3) is 0 Å². The number of hydrogen-bond acceptors (Lipinski definition) is 2. The fourth-order valence-electron chi connectivity index (χ4n) is 3.07. The average molecular weight is 264 g/mol. The van der Waals surface area contributed by atoms with Crippen molar-refractivity contribution in [3.8, 4) is 0 Å². The molecule has 4 nitrogen and oxygen atoms in total. The van der Waals surface area contributed by atoms with Crippen molar-refractivity contribution >= 4 is 5.96 Å². The van der Waals surface area contributed by atoms with Crippen LogP contribution in [0.1, 0.15) is 39.0 Å².